The van der Waals surface area contributed by atoms with Crippen molar-refractivity contribution in [2.75, 3.05) is 11.9 Å². The summed E-state index contributed by atoms with van der Waals surface area (Å²) in [6, 6.07) is 15.5. The molecule has 0 aliphatic heterocycles. The van der Waals surface area contributed by atoms with Gasteiger partial charge >= 0.3 is 0 Å². The van der Waals surface area contributed by atoms with E-state index in [0.29, 0.717) is 51.9 Å². The molecule has 30 heavy (non-hydrogen) atoms. The molecule has 0 aliphatic carbocycles. The lowest BCUT2D eigenvalue weighted by atomic mass is 10.1. The molecule has 2 amide bonds. The molecule has 0 atom stereocenters. The van der Waals surface area contributed by atoms with Crippen molar-refractivity contribution < 1.29 is 18.7 Å². The van der Waals surface area contributed by atoms with Gasteiger partial charge in [-0.2, -0.15) is 0 Å². The first-order valence-electron chi connectivity index (χ1n) is 9.56. The van der Waals surface area contributed by atoms with Gasteiger partial charge in [0.05, 0.1) is 23.9 Å². The van der Waals surface area contributed by atoms with E-state index in [4.69, 9.17) is 9.15 Å². The van der Waals surface area contributed by atoms with Crippen LogP contribution in [0.15, 0.2) is 69.8 Å². The van der Waals surface area contributed by atoms with Crippen molar-refractivity contribution in [3.8, 4) is 5.75 Å². The number of hydrogen-bond donors (Lipinski definition) is 2. The van der Waals surface area contributed by atoms with E-state index in [2.05, 4.69) is 40.4 Å². The second-order valence-electron chi connectivity index (χ2n) is 7.15. The second-order valence-corrected chi connectivity index (χ2v) is 8.00. The molecule has 7 heteroatoms. The smallest absolute Gasteiger partial charge is 0.255 e. The fourth-order valence-electron chi connectivity index (χ4n) is 2.64. The summed E-state index contributed by atoms with van der Waals surface area (Å²) in [6.07, 6.45) is 1.55. The van der Waals surface area contributed by atoms with Crippen LogP contribution in [0.2, 0.25) is 0 Å². The summed E-state index contributed by atoms with van der Waals surface area (Å²) in [5, 5.41) is 5.60. The Hall–Kier alpha value is -3.06. The molecule has 3 rings (SSSR count). The van der Waals surface area contributed by atoms with Crippen LogP contribution in [0.5, 0.6) is 5.75 Å². The number of carbonyl (C=O) groups is 2. The van der Waals surface area contributed by atoms with Crippen LogP contribution < -0.4 is 15.4 Å². The maximum atomic E-state index is 12.6. The fraction of sp³-hybridized carbons (Fsp3) is 0.217. The van der Waals surface area contributed by atoms with Gasteiger partial charge in [0, 0.05) is 16.8 Å². The molecule has 0 bridgehead atoms. The lowest BCUT2D eigenvalue weighted by Crippen LogP contribution is -2.22. The van der Waals surface area contributed by atoms with Crippen molar-refractivity contribution in [1.29, 1.82) is 0 Å². The second kappa shape index (κ2) is 10.1. The van der Waals surface area contributed by atoms with Crippen LogP contribution in [0.4, 0.5) is 5.69 Å². The highest BCUT2D eigenvalue weighted by Crippen LogP contribution is 2.27. The van der Waals surface area contributed by atoms with E-state index in [0.717, 1.165) is 0 Å². The van der Waals surface area contributed by atoms with Crippen molar-refractivity contribution in [2.24, 2.45) is 5.92 Å². The van der Waals surface area contributed by atoms with E-state index in [1.807, 2.05) is 0 Å². The first kappa shape index (κ1) is 21.6. The van der Waals surface area contributed by atoms with Gasteiger partial charge in [-0.25, -0.2) is 0 Å². The minimum absolute atomic E-state index is 0.253. The third kappa shape index (κ3) is 5.97. The molecule has 2 aromatic carbocycles. The summed E-state index contributed by atoms with van der Waals surface area (Å²) in [5.41, 5.74) is 1.45. The van der Waals surface area contributed by atoms with Crippen LogP contribution in [0, 0.1) is 5.92 Å². The van der Waals surface area contributed by atoms with E-state index in [1.165, 1.54) is 0 Å². The Morgan fingerprint density at radius 3 is 2.53 bits per heavy atom. The first-order chi connectivity index (χ1) is 14.4. The van der Waals surface area contributed by atoms with Gasteiger partial charge in [-0.05, 0) is 70.4 Å². The number of benzene rings is 2. The molecule has 0 saturated carbocycles. The number of halogens is 1. The highest BCUT2D eigenvalue weighted by atomic mass is 79.9. The Balaban J connectivity index is 1.63. The van der Waals surface area contributed by atoms with Crippen molar-refractivity contribution in [1.82, 2.24) is 5.32 Å². The number of anilines is 1. The van der Waals surface area contributed by atoms with Gasteiger partial charge in [0.2, 0.25) is 0 Å². The number of nitrogens with one attached hydrogen (secondary N) is 2. The van der Waals surface area contributed by atoms with E-state index >= 15 is 0 Å². The van der Waals surface area contributed by atoms with Crippen LogP contribution in [0.3, 0.4) is 0 Å². The van der Waals surface area contributed by atoms with E-state index in [9.17, 15) is 9.59 Å². The SMILES string of the molecule is CC(C)COc1ccc(C(=O)Nc2cccc(C(=O)NCc3ccco3)c2)cc1Br. The molecule has 3 aromatic rings. The summed E-state index contributed by atoms with van der Waals surface area (Å²) >= 11 is 3.45. The Morgan fingerprint density at radius 2 is 1.83 bits per heavy atom. The standard InChI is InChI=1S/C23H23BrN2O4/c1-15(2)14-30-21-9-8-17(12-20(21)24)23(28)26-18-6-3-5-16(11-18)22(27)25-13-19-7-4-10-29-19/h3-12,15H,13-14H2,1-2H3,(H,25,27)(H,26,28). The molecule has 6 nitrogen and oxygen atoms in total. The highest BCUT2D eigenvalue weighted by molar-refractivity contribution is 9.10. The number of hydrogen-bond acceptors (Lipinski definition) is 4. The monoisotopic (exact) mass is 470 g/mol. The first-order valence-corrected chi connectivity index (χ1v) is 10.4. The van der Waals surface area contributed by atoms with Gasteiger partial charge in [0.1, 0.15) is 11.5 Å². The molecule has 0 aliphatic rings. The molecule has 0 radical (unpaired) electrons. The number of amides is 2. The quantitative estimate of drug-likeness (QED) is 0.470. The normalized spacial score (nSPS) is 10.7. The average molecular weight is 471 g/mol. The molecule has 156 valence electrons. The molecule has 0 spiro atoms. The molecule has 1 aromatic heterocycles. The third-order valence-electron chi connectivity index (χ3n) is 4.15. The Kier molecular flexibility index (Phi) is 7.30. The predicted octanol–water partition coefficient (Wildman–Crippen LogP) is 5.26. The Morgan fingerprint density at radius 1 is 1.03 bits per heavy atom. The predicted molar refractivity (Wildman–Crippen MR) is 119 cm³/mol. The van der Waals surface area contributed by atoms with E-state index < -0.39 is 0 Å². The molecular formula is C23H23BrN2O4. The lowest BCUT2D eigenvalue weighted by Gasteiger charge is -2.12. The third-order valence-corrected chi connectivity index (χ3v) is 4.77. The molecule has 2 N–H and O–H groups in total. The van der Waals surface area contributed by atoms with Gasteiger partial charge in [-0.3, -0.25) is 9.59 Å². The van der Waals surface area contributed by atoms with Crippen molar-refractivity contribution in [2.45, 2.75) is 20.4 Å². The fourth-order valence-corrected chi connectivity index (χ4v) is 3.13. The van der Waals surface area contributed by atoms with Gasteiger partial charge in [-0.15, -0.1) is 0 Å². The molecule has 1 heterocycles. The number of rotatable bonds is 8. The summed E-state index contributed by atoms with van der Waals surface area (Å²) in [7, 11) is 0. The molecule has 0 saturated heterocycles. The van der Waals surface area contributed by atoms with Crippen LogP contribution in [-0.4, -0.2) is 18.4 Å². The lowest BCUT2D eigenvalue weighted by molar-refractivity contribution is 0.0946. The van der Waals surface area contributed by atoms with Crippen molar-refractivity contribution >= 4 is 33.4 Å². The summed E-state index contributed by atoms with van der Waals surface area (Å²) in [5.74, 6) is 1.23. The van der Waals surface area contributed by atoms with Crippen LogP contribution in [0.1, 0.15) is 40.3 Å². The van der Waals surface area contributed by atoms with Gasteiger partial charge < -0.3 is 19.8 Å². The maximum absolute atomic E-state index is 12.6. The largest absolute Gasteiger partial charge is 0.492 e. The zero-order valence-electron chi connectivity index (χ0n) is 16.8. The Bertz CT molecular complexity index is 1020. The van der Waals surface area contributed by atoms with Crippen LogP contribution in [0.25, 0.3) is 0 Å². The number of furan rings is 1. The van der Waals surface area contributed by atoms with Crippen molar-refractivity contribution in [3.63, 3.8) is 0 Å². The maximum Gasteiger partial charge on any atom is 0.255 e. The van der Waals surface area contributed by atoms with E-state index in [1.54, 1.807) is 60.9 Å². The minimum Gasteiger partial charge on any atom is -0.492 e. The zero-order valence-corrected chi connectivity index (χ0v) is 18.4. The van der Waals surface area contributed by atoms with Crippen molar-refractivity contribution in [3.05, 3.63) is 82.2 Å². The zero-order chi connectivity index (χ0) is 21.5. The minimum atomic E-state index is -0.278. The summed E-state index contributed by atoms with van der Waals surface area (Å²) in [4.78, 5) is 25.0. The highest BCUT2D eigenvalue weighted by Gasteiger charge is 2.12. The van der Waals surface area contributed by atoms with Gasteiger partial charge in [-0.1, -0.05) is 19.9 Å². The molecule has 0 unspecified atom stereocenters. The average Bonchev–Trinajstić information content (AvgIpc) is 3.24. The van der Waals surface area contributed by atoms with E-state index in [-0.39, 0.29) is 11.8 Å². The van der Waals surface area contributed by atoms with Gasteiger partial charge in [0.15, 0.2) is 0 Å². The summed E-state index contributed by atoms with van der Waals surface area (Å²) < 4.78 is 11.6. The van der Waals surface area contributed by atoms with Crippen LogP contribution >= 0.6 is 15.9 Å². The Labute approximate surface area is 183 Å². The molecule has 0 fully saturated rings. The number of carbonyl (C=O) groups excluding carboxylic acids is 2. The number of ether oxygens (including phenoxy) is 1. The molecular weight excluding hydrogens is 448 g/mol. The van der Waals surface area contributed by atoms with Gasteiger partial charge in [0.25, 0.3) is 11.8 Å². The summed E-state index contributed by atoms with van der Waals surface area (Å²) in [6.45, 7) is 5.03. The topological polar surface area (TPSA) is 80.6 Å². The van der Waals surface area contributed by atoms with Crippen LogP contribution in [-0.2, 0) is 6.54 Å².